The van der Waals surface area contributed by atoms with Gasteiger partial charge in [-0.25, -0.2) is 0 Å². The van der Waals surface area contributed by atoms with Crippen LogP contribution in [-0.2, 0) is 6.42 Å². The molecule has 2 N–H and O–H groups in total. The third-order valence-electron chi connectivity index (χ3n) is 5.81. The van der Waals surface area contributed by atoms with Gasteiger partial charge in [-0.05, 0) is 47.6 Å². The highest BCUT2D eigenvalue weighted by Gasteiger charge is 2.33. The molecular formula is C28H31ClN2O2. The van der Waals surface area contributed by atoms with Gasteiger partial charge in [0.15, 0.2) is 5.78 Å². The fourth-order valence-electron chi connectivity index (χ4n) is 4.01. The summed E-state index contributed by atoms with van der Waals surface area (Å²) in [6.45, 7) is 4.17. The Morgan fingerprint density at radius 2 is 1.94 bits per heavy atom. The number of pyridine rings is 1. The van der Waals surface area contributed by atoms with Gasteiger partial charge in [-0.15, -0.1) is 0 Å². The van der Waals surface area contributed by atoms with E-state index < -0.39 is 12.0 Å². The van der Waals surface area contributed by atoms with Crippen LogP contribution in [0.4, 0.5) is 0 Å². The Kier molecular flexibility index (Phi) is 8.93. The van der Waals surface area contributed by atoms with E-state index in [-0.39, 0.29) is 23.8 Å². The van der Waals surface area contributed by atoms with Crippen LogP contribution in [0.5, 0.6) is 0 Å². The fourth-order valence-corrected chi connectivity index (χ4v) is 4.28. The van der Waals surface area contributed by atoms with Crippen molar-refractivity contribution in [3.05, 3.63) is 100 Å². The molecule has 5 heteroatoms. The van der Waals surface area contributed by atoms with Crippen LogP contribution in [0.1, 0.15) is 60.7 Å². The molecule has 0 fully saturated rings. The van der Waals surface area contributed by atoms with Gasteiger partial charge in [-0.1, -0.05) is 80.4 Å². The monoisotopic (exact) mass is 462 g/mol. The Morgan fingerprint density at radius 1 is 1.18 bits per heavy atom. The molecule has 0 spiro atoms. The van der Waals surface area contributed by atoms with Crippen molar-refractivity contribution in [1.82, 2.24) is 4.98 Å². The lowest BCUT2D eigenvalue weighted by Crippen LogP contribution is -2.30. The average Bonchev–Trinajstić information content (AvgIpc) is 2.97. The number of halogens is 1. The highest BCUT2D eigenvalue weighted by molar-refractivity contribution is 6.31. The van der Waals surface area contributed by atoms with Crippen molar-refractivity contribution in [3.63, 3.8) is 0 Å². The molecule has 1 aliphatic carbocycles. The van der Waals surface area contributed by atoms with Gasteiger partial charge in [-0.3, -0.25) is 9.78 Å². The topological polar surface area (TPSA) is 74.0 Å². The maximum atomic E-state index is 13.6. The molecule has 1 heterocycles. The first-order valence-electron chi connectivity index (χ1n) is 11.4. The van der Waals surface area contributed by atoms with Crippen LogP contribution in [-0.4, -0.2) is 21.6 Å². The van der Waals surface area contributed by atoms with Gasteiger partial charge in [0, 0.05) is 35.1 Å². The molecule has 172 valence electrons. The number of carbonyl (C=O) groups excluding carboxylic acids is 1. The molecule has 0 saturated carbocycles. The molecule has 3 rings (SSSR count). The van der Waals surface area contributed by atoms with Gasteiger partial charge < -0.3 is 10.5 Å². The number of aromatic nitrogens is 1. The maximum Gasteiger partial charge on any atom is 0.174 e. The number of hydrogen-bond donors (Lipinski definition) is 2. The number of nitrogens with zero attached hydrogens (tertiary/aromatic N) is 1. The molecule has 0 radical (unpaired) electrons. The Labute approximate surface area is 201 Å². The highest BCUT2D eigenvalue weighted by Crippen LogP contribution is 2.30. The van der Waals surface area contributed by atoms with E-state index in [9.17, 15) is 9.90 Å². The van der Waals surface area contributed by atoms with Crippen LogP contribution in [0.15, 0.2) is 83.7 Å². The number of aliphatic hydroxyl groups excluding tert-OH is 1. The molecule has 1 aromatic carbocycles. The third-order valence-corrected chi connectivity index (χ3v) is 6.06. The van der Waals surface area contributed by atoms with Crippen molar-refractivity contribution in [2.45, 2.75) is 45.6 Å². The molecule has 1 aromatic heterocycles. The van der Waals surface area contributed by atoms with Gasteiger partial charge in [0.05, 0.1) is 12.0 Å². The molecule has 4 nitrogen and oxygen atoms in total. The third kappa shape index (κ3) is 6.83. The largest absolute Gasteiger partial charge is 0.387 e. The van der Waals surface area contributed by atoms with Crippen LogP contribution in [0.25, 0.3) is 0 Å². The second-order valence-electron chi connectivity index (χ2n) is 8.56. The van der Waals surface area contributed by atoms with Gasteiger partial charge in [0.25, 0.3) is 0 Å². The number of Topliss-reactive ketones (excluding diaryl/α,β-unsaturated/α-hetero) is 1. The number of allylic oxidation sites excluding steroid dienone is 6. The van der Waals surface area contributed by atoms with Crippen LogP contribution in [0.2, 0.25) is 0 Å². The molecule has 0 saturated heterocycles. The lowest BCUT2D eigenvalue weighted by Gasteiger charge is -2.23. The first-order valence-corrected chi connectivity index (χ1v) is 11.8. The van der Waals surface area contributed by atoms with E-state index in [1.807, 2.05) is 37.3 Å². The number of nitrogens with one attached hydrogen (secondary N) is 1. The first kappa shape index (κ1) is 24.8. The standard InChI is InChI=1S/C28H31ClN2O2/c1-3-4-6-20-8-11-22(12-9-20)27(32)26(28(33)23-7-5-14-31-18-23)25(30)17-21-10-13-24(29)16-19(2)15-21/h5,7-16,18-19,26,28,30,33H,3-4,6,17H2,1-2H3. The summed E-state index contributed by atoms with van der Waals surface area (Å²) in [6, 6.07) is 11.0. The summed E-state index contributed by atoms with van der Waals surface area (Å²) >= 11 is 6.17. The number of benzene rings is 1. The van der Waals surface area contributed by atoms with Gasteiger partial charge in [0.2, 0.25) is 0 Å². The van der Waals surface area contributed by atoms with Gasteiger partial charge in [0.1, 0.15) is 0 Å². The van der Waals surface area contributed by atoms with E-state index in [0.29, 0.717) is 16.2 Å². The minimum Gasteiger partial charge on any atom is -0.387 e. The number of ketones is 1. The van der Waals surface area contributed by atoms with Crippen LogP contribution in [0.3, 0.4) is 0 Å². The zero-order valence-corrected chi connectivity index (χ0v) is 19.9. The molecule has 3 atom stereocenters. The van der Waals surface area contributed by atoms with E-state index in [1.54, 1.807) is 42.7 Å². The molecular weight excluding hydrogens is 432 g/mol. The first-order chi connectivity index (χ1) is 15.9. The van der Waals surface area contributed by atoms with E-state index >= 15 is 0 Å². The predicted octanol–water partition coefficient (Wildman–Crippen LogP) is 6.62. The molecule has 1 aliphatic rings. The number of unbranched alkanes of at least 4 members (excludes halogenated alkanes) is 1. The van der Waals surface area contributed by atoms with E-state index in [2.05, 4.69) is 11.9 Å². The second kappa shape index (κ2) is 11.9. The van der Waals surface area contributed by atoms with Crippen molar-refractivity contribution in [2.24, 2.45) is 11.8 Å². The molecule has 2 aromatic rings. The normalized spacial score (nSPS) is 17.5. The van der Waals surface area contributed by atoms with Gasteiger partial charge >= 0.3 is 0 Å². The Balaban J connectivity index is 1.88. The Bertz CT molecular complexity index is 1060. The van der Waals surface area contributed by atoms with Crippen molar-refractivity contribution in [1.29, 1.82) is 5.41 Å². The molecule has 3 unspecified atom stereocenters. The van der Waals surface area contributed by atoms with E-state index in [4.69, 9.17) is 17.0 Å². The van der Waals surface area contributed by atoms with Gasteiger partial charge in [-0.2, -0.15) is 0 Å². The lowest BCUT2D eigenvalue weighted by atomic mass is 9.82. The molecule has 0 bridgehead atoms. The van der Waals surface area contributed by atoms with Crippen molar-refractivity contribution in [3.8, 4) is 0 Å². The molecule has 0 amide bonds. The number of carbonyl (C=O) groups is 1. The highest BCUT2D eigenvalue weighted by atomic mass is 35.5. The number of aryl methyl sites for hydroxylation is 1. The number of rotatable bonds is 10. The summed E-state index contributed by atoms with van der Waals surface area (Å²) in [6.07, 6.45) is 13.1. The zero-order valence-electron chi connectivity index (χ0n) is 19.2. The van der Waals surface area contributed by atoms with Crippen molar-refractivity contribution < 1.29 is 9.90 Å². The molecule has 33 heavy (non-hydrogen) atoms. The summed E-state index contributed by atoms with van der Waals surface area (Å²) in [5, 5.41) is 20.6. The average molecular weight is 463 g/mol. The zero-order chi connectivity index (χ0) is 23.8. The van der Waals surface area contributed by atoms with Crippen LogP contribution in [0, 0.1) is 17.2 Å². The van der Waals surface area contributed by atoms with E-state index in [0.717, 1.165) is 24.8 Å². The van der Waals surface area contributed by atoms with Crippen molar-refractivity contribution >= 4 is 23.1 Å². The maximum absolute atomic E-state index is 13.6. The summed E-state index contributed by atoms with van der Waals surface area (Å²) in [5.41, 5.74) is 3.25. The van der Waals surface area contributed by atoms with Crippen LogP contribution >= 0.6 is 11.6 Å². The Hall–Kier alpha value is -2.82. The minimum atomic E-state index is -1.16. The van der Waals surface area contributed by atoms with Crippen LogP contribution < -0.4 is 0 Å². The smallest absolute Gasteiger partial charge is 0.174 e. The summed E-state index contributed by atoms with van der Waals surface area (Å²) in [4.78, 5) is 17.6. The lowest BCUT2D eigenvalue weighted by molar-refractivity contribution is 0.0790. The predicted molar refractivity (Wildman–Crippen MR) is 135 cm³/mol. The molecule has 0 aliphatic heterocycles. The fraction of sp³-hybridized carbons (Fsp3) is 0.321. The summed E-state index contributed by atoms with van der Waals surface area (Å²) in [5.74, 6) is -1.16. The quantitative estimate of drug-likeness (QED) is 0.307. The summed E-state index contributed by atoms with van der Waals surface area (Å²) in [7, 11) is 0. The van der Waals surface area contributed by atoms with E-state index in [1.165, 1.54) is 5.56 Å². The SMILES string of the molecule is CCCCc1ccc(C(=O)C(C(=N)CC2=CC(C)C=C(Cl)C=C2)C(O)c2cccnc2)cc1. The number of hydrogen-bond acceptors (Lipinski definition) is 4. The number of aliphatic hydroxyl groups is 1. The Morgan fingerprint density at radius 3 is 2.61 bits per heavy atom. The summed E-state index contributed by atoms with van der Waals surface area (Å²) < 4.78 is 0. The van der Waals surface area contributed by atoms with Crippen molar-refractivity contribution in [2.75, 3.05) is 0 Å². The second-order valence-corrected chi connectivity index (χ2v) is 9.00. The minimum absolute atomic E-state index is 0.114.